The molecule has 104 valence electrons. The van der Waals surface area contributed by atoms with Gasteiger partial charge < -0.3 is 4.57 Å². The molecule has 0 bridgehead atoms. The molecule has 3 unspecified atom stereocenters. The highest BCUT2D eigenvalue weighted by molar-refractivity contribution is 7.84. The van der Waals surface area contributed by atoms with Gasteiger partial charge in [-0.25, -0.2) is 4.98 Å². The Labute approximate surface area is 125 Å². The summed E-state index contributed by atoms with van der Waals surface area (Å²) in [6.45, 7) is 4.45. The number of rotatable bonds is 4. The van der Waals surface area contributed by atoms with E-state index in [0.717, 1.165) is 16.9 Å². The Morgan fingerprint density at radius 3 is 2.68 bits per heavy atom. The zero-order valence-electron chi connectivity index (χ0n) is 11.1. The number of nitrogens with zero attached hydrogens (tertiary/aromatic N) is 2. The van der Waals surface area contributed by atoms with Gasteiger partial charge in [-0.05, 0) is 32.0 Å². The molecular formula is C13H16Cl2N2OS. The number of hydrogen-bond donors (Lipinski definition) is 0. The van der Waals surface area contributed by atoms with Crippen molar-refractivity contribution in [2.75, 3.05) is 6.26 Å². The average molecular weight is 319 g/mol. The molecule has 2 rings (SSSR count). The maximum absolute atomic E-state index is 11.6. The minimum Gasteiger partial charge on any atom is -0.325 e. The Morgan fingerprint density at radius 1 is 1.42 bits per heavy atom. The number of aromatic nitrogens is 2. The van der Waals surface area contributed by atoms with Crippen molar-refractivity contribution in [2.24, 2.45) is 0 Å². The molecule has 1 aromatic heterocycles. The summed E-state index contributed by atoms with van der Waals surface area (Å²) in [4.78, 5) is 4.54. The molecule has 0 N–H and O–H groups in total. The van der Waals surface area contributed by atoms with Crippen LogP contribution in [0.25, 0.3) is 11.0 Å². The zero-order valence-corrected chi connectivity index (χ0v) is 13.4. The van der Waals surface area contributed by atoms with E-state index in [9.17, 15) is 4.21 Å². The smallest absolute Gasteiger partial charge is 0.127 e. The van der Waals surface area contributed by atoms with Crippen LogP contribution >= 0.6 is 23.2 Å². The van der Waals surface area contributed by atoms with Gasteiger partial charge in [0.1, 0.15) is 5.82 Å². The van der Waals surface area contributed by atoms with Crippen molar-refractivity contribution in [1.29, 1.82) is 0 Å². The Hall–Kier alpha value is -0.580. The van der Waals surface area contributed by atoms with Gasteiger partial charge >= 0.3 is 0 Å². The molecule has 3 atom stereocenters. The molecule has 6 heteroatoms. The van der Waals surface area contributed by atoms with Crippen molar-refractivity contribution in [3.63, 3.8) is 0 Å². The van der Waals surface area contributed by atoms with Crippen LogP contribution in [0, 0.1) is 0 Å². The molecule has 0 aliphatic heterocycles. The predicted molar refractivity (Wildman–Crippen MR) is 82.5 cm³/mol. The van der Waals surface area contributed by atoms with Gasteiger partial charge in [0.2, 0.25) is 0 Å². The van der Waals surface area contributed by atoms with Crippen LogP contribution < -0.4 is 0 Å². The van der Waals surface area contributed by atoms with Crippen LogP contribution in [0.3, 0.4) is 0 Å². The van der Waals surface area contributed by atoms with Gasteiger partial charge in [0.25, 0.3) is 0 Å². The topological polar surface area (TPSA) is 34.9 Å². The summed E-state index contributed by atoms with van der Waals surface area (Å²) in [5.74, 6) is 0.788. The van der Waals surface area contributed by atoms with Crippen LogP contribution in [-0.4, -0.2) is 25.3 Å². The Bertz CT molecular complexity index is 624. The molecular weight excluding hydrogens is 303 g/mol. The lowest BCUT2D eigenvalue weighted by Crippen LogP contribution is -2.19. The lowest BCUT2D eigenvalue weighted by atomic mass is 10.3. The zero-order chi connectivity index (χ0) is 14.2. The first-order valence-electron chi connectivity index (χ1n) is 6.02. The first-order valence-corrected chi connectivity index (χ1v) is 8.45. The summed E-state index contributed by atoms with van der Waals surface area (Å²) < 4.78 is 13.6. The van der Waals surface area contributed by atoms with E-state index in [1.165, 1.54) is 0 Å². The van der Waals surface area contributed by atoms with Crippen LogP contribution in [0.5, 0.6) is 0 Å². The molecule has 1 aromatic carbocycles. The van der Waals surface area contributed by atoms with Gasteiger partial charge in [0, 0.05) is 33.9 Å². The maximum Gasteiger partial charge on any atom is 0.127 e. The molecule has 0 aliphatic rings. The van der Waals surface area contributed by atoms with Gasteiger partial charge in [0.05, 0.1) is 16.4 Å². The van der Waals surface area contributed by atoms with Crippen LogP contribution in [0.2, 0.25) is 5.02 Å². The number of fused-ring (bicyclic) bond motifs is 1. The minimum absolute atomic E-state index is 0.0329. The van der Waals surface area contributed by atoms with Crippen LogP contribution in [0.4, 0.5) is 0 Å². The number of imidazole rings is 1. The van der Waals surface area contributed by atoms with Gasteiger partial charge in [-0.15, -0.1) is 11.6 Å². The van der Waals surface area contributed by atoms with E-state index in [2.05, 4.69) is 4.98 Å². The third-order valence-corrected chi connectivity index (χ3v) is 4.81. The molecule has 0 saturated heterocycles. The molecule has 0 radical (unpaired) electrons. The van der Waals surface area contributed by atoms with Crippen molar-refractivity contribution >= 4 is 45.0 Å². The first-order chi connectivity index (χ1) is 8.90. The largest absolute Gasteiger partial charge is 0.325 e. The van der Waals surface area contributed by atoms with Crippen LogP contribution in [0.1, 0.15) is 25.0 Å². The van der Waals surface area contributed by atoms with E-state index >= 15 is 0 Å². The van der Waals surface area contributed by atoms with Crippen molar-refractivity contribution in [3.05, 3.63) is 29.0 Å². The monoisotopic (exact) mass is 318 g/mol. The number of benzene rings is 1. The fourth-order valence-electron chi connectivity index (χ4n) is 1.97. The second-order valence-corrected chi connectivity index (χ2v) is 7.53. The Balaban J connectivity index is 2.57. The van der Waals surface area contributed by atoms with Crippen molar-refractivity contribution in [1.82, 2.24) is 9.55 Å². The molecule has 1 heterocycles. The second kappa shape index (κ2) is 5.81. The van der Waals surface area contributed by atoms with Gasteiger partial charge in [-0.3, -0.25) is 4.21 Å². The van der Waals surface area contributed by atoms with E-state index < -0.39 is 10.8 Å². The van der Waals surface area contributed by atoms with Crippen molar-refractivity contribution in [3.8, 4) is 0 Å². The van der Waals surface area contributed by atoms with E-state index in [1.807, 2.05) is 36.6 Å². The van der Waals surface area contributed by atoms with E-state index in [4.69, 9.17) is 23.2 Å². The summed E-state index contributed by atoms with van der Waals surface area (Å²) in [6, 6.07) is 5.56. The number of alkyl halides is 1. The van der Waals surface area contributed by atoms with Gasteiger partial charge in [-0.2, -0.15) is 0 Å². The molecule has 0 amide bonds. The fourth-order valence-corrected chi connectivity index (χ4v) is 2.66. The summed E-state index contributed by atoms with van der Waals surface area (Å²) in [5.41, 5.74) is 1.80. The van der Waals surface area contributed by atoms with Crippen LogP contribution in [0.15, 0.2) is 18.2 Å². The molecule has 0 fully saturated rings. The van der Waals surface area contributed by atoms with E-state index in [0.29, 0.717) is 11.6 Å². The molecule has 2 aromatic rings. The molecule has 0 aliphatic carbocycles. The number of hydrogen-bond acceptors (Lipinski definition) is 2. The maximum atomic E-state index is 11.6. The van der Waals surface area contributed by atoms with Gasteiger partial charge in [0.15, 0.2) is 0 Å². The van der Waals surface area contributed by atoms with E-state index in [-0.39, 0.29) is 10.6 Å². The quantitative estimate of drug-likeness (QED) is 0.804. The predicted octanol–water partition coefficient (Wildman–Crippen LogP) is 3.76. The average Bonchev–Trinajstić information content (AvgIpc) is 2.67. The van der Waals surface area contributed by atoms with Crippen molar-refractivity contribution < 1.29 is 4.21 Å². The third kappa shape index (κ3) is 3.12. The summed E-state index contributed by atoms with van der Waals surface area (Å²) >= 11 is 12.2. The molecule has 0 spiro atoms. The van der Waals surface area contributed by atoms with E-state index in [1.54, 1.807) is 6.26 Å². The highest BCUT2D eigenvalue weighted by Crippen LogP contribution is 2.27. The highest BCUT2D eigenvalue weighted by atomic mass is 35.5. The highest BCUT2D eigenvalue weighted by Gasteiger charge is 2.18. The minimum atomic E-state index is -0.889. The standard InChI is InChI=1S/C13H16Cl2N2OS/c1-8(19(3)18)7-17-12-6-10(15)4-5-11(12)16-13(17)9(2)14/h4-6,8-9H,7H2,1-3H3. The number of halogens is 2. The lowest BCUT2D eigenvalue weighted by molar-refractivity contribution is 0.632. The lowest BCUT2D eigenvalue weighted by Gasteiger charge is -2.14. The first kappa shape index (κ1) is 14.8. The molecule has 3 nitrogen and oxygen atoms in total. The summed E-state index contributed by atoms with van der Waals surface area (Å²) in [5, 5.41) is 0.488. The SMILES string of the molecule is CC(Cl)c1nc2ccc(Cl)cc2n1CC(C)S(C)=O. The van der Waals surface area contributed by atoms with Crippen LogP contribution in [-0.2, 0) is 17.3 Å². The molecule has 0 saturated carbocycles. The summed E-state index contributed by atoms with van der Waals surface area (Å²) in [7, 11) is -0.889. The van der Waals surface area contributed by atoms with Crippen molar-refractivity contribution in [2.45, 2.75) is 31.0 Å². The third-order valence-electron chi connectivity index (χ3n) is 3.10. The summed E-state index contributed by atoms with van der Waals surface area (Å²) in [6.07, 6.45) is 1.71. The normalized spacial score (nSPS) is 16.5. The fraction of sp³-hybridized carbons (Fsp3) is 0.462. The Morgan fingerprint density at radius 2 is 2.11 bits per heavy atom. The van der Waals surface area contributed by atoms with Gasteiger partial charge in [-0.1, -0.05) is 11.6 Å². The second-order valence-electron chi connectivity index (χ2n) is 4.64. The Kier molecular flexibility index (Phi) is 4.54. The molecule has 19 heavy (non-hydrogen) atoms.